The summed E-state index contributed by atoms with van der Waals surface area (Å²) in [5.74, 6) is 0.920. The Balaban J connectivity index is 1.43. The monoisotopic (exact) mass is 578 g/mol. The van der Waals surface area contributed by atoms with Crippen LogP contribution in [0.25, 0.3) is 0 Å². The second-order valence-corrected chi connectivity index (χ2v) is 10.9. The van der Waals surface area contributed by atoms with E-state index in [0.717, 1.165) is 11.1 Å². The van der Waals surface area contributed by atoms with E-state index in [4.69, 9.17) is 26.2 Å². The fourth-order valence-electron chi connectivity index (χ4n) is 4.34. The summed E-state index contributed by atoms with van der Waals surface area (Å²) in [6, 6.07) is 21.3. The number of thioether (sulfide) groups is 1. The van der Waals surface area contributed by atoms with Crippen LogP contribution in [-0.2, 0) is 21.9 Å². The number of nitrogens with zero attached hydrogens (tertiary/aromatic N) is 3. The second kappa shape index (κ2) is 12.1. The first-order valence-corrected chi connectivity index (χ1v) is 14.1. The van der Waals surface area contributed by atoms with E-state index < -0.39 is 17.8 Å². The molecule has 0 aliphatic carbocycles. The van der Waals surface area contributed by atoms with Gasteiger partial charge in [-0.25, -0.2) is 13.9 Å². The molecule has 1 aromatic heterocycles. The van der Waals surface area contributed by atoms with Gasteiger partial charge in [0.2, 0.25) is 11.1 Å². The highest BCUT2D eigenvalue weighted by Crippen LogP contribution is 2.38. The Morgan fingerprint density at radius 3 is 2.55 bits per heavy atom. The Labute approximate surface area is 241 Å². The van der Waals surface area contributed by atoms with Gasteiger partial charge >= 0.3 is 5.97 Å². The van der Waals surface area contributed by atoms with E-state index in [1.165, 1.54) is 17.8 Å². The van der Waals surface area contributed by atoms with Crippen molar-refractivity contribution in [3.63, 3.8) is 0 Å². The summed E-state index contributed by atoms with van der Waals surface area (Å²) < 4.78 is 27.3. The maximum atomic E-state index is 14.2. The molecule has 1 N–H and O–H groups in total. The molecular formula is C30H28ClFN4O3S. The highest BCUT2D eigenvalue weighted by Gasteiger charge is 2.35. The van der Waals surface area contributed by atoms with Gasteiger partial charge in [0.15, 0.2) is 0 Å². The van der Waals surface area contributed by atoms with Gasteiger partial charge in [0, 0.05) is 17.0 Å². The molecule has 0 amide bonds. The van der Waals surface area contributed by atoms with E-state index in [1.807, 2.05) is 51.1 Å². The molecule has 0 radical (unpaired) electrons. The maximum Gasteiger partial charge on any atom is 0.338 e. The number of halogens is 2. The van der Waals surface area contributed by atoms with Crippen molar-refractivity contribution >= 4 is 35.3 Å². The first-order valence-electron chi connectivity index (χ1n) is 12.8. The van der Waals surface area contributed by atoms with Crippen LogP contribution in [-0.4, -0.2) is 26.8 Å². The van der Waals surface area contributed by atoms with Gasteiger partial charge in [0.25, 0.3) is 0 Å². The lowest BCUT2D eigenvalue weighted by Crippen LogP contribution is -2.30. The lowest BCUT2D eigenvalue weighted by Gasteiger charge is -2.28. The molecule has 206 valence electrons. The van der Waals surface area contributed by atoms with E-state index in [9.17, 15) is 9.18 Å². The molecule has 7 nitrogen and oxygen atoms in total. The van der Waals surface area contributed by atoms with E-state index in [1.54, 1.807) is 28.9 Å². The molecule has 1 unspecified atom stereocenters. The lowest BCUT2D eigenvalue weighted by atomic mass is 9.95. The Morgan fingerprint density at radius 2 is 1.85 bits per heavy atom. The first-order chi connectivity index (χ1) is 19.3. The number of hydrogen-bond donors (Lipinski definition) is 1. The third-order valence-corrected chi connectivity index (χ3v) is 7.51. The summed E-state index contributed by atoms with van der Waals surface area (Å²) >= 11 is 7.65. The van der Waals surface area contributed by atoms with Crippen LogP contribution in [0.1, 0.15) is 43.5 Å². The van der Waals surface area contributed by atoms with Crippen molar-refractivity contribution in [2.75, 3.05) is 5.32 Å². The standard InChI is InChI=1S/C30H28ClFN4O3S/c1-18(2)39-28(37)26-19(3)33-29-34-30(40-17-20-8-5-4-6-9-20)35-36(29)27(26)21-12-14-22(15-13-21)38-16-23-24(31)10-7-11-25(23)32/h4-15,18,27H,16-17H2,1-3H3,(H,33,34,35). The zero-order valence-electron chi connectivity index (χ0n) is 22.2. The van der Waals surface area contributed by atoms with Crippen LogP contribution in [0.5, 0.6) is 5.75 Å². The van der Waals surface area contributed by atoms with Gasteiger partial charge < -0.3 is 14.8 Å². The van der Waals surface area contributed by atoms with Crippen LogP contribution in [0.4, 0.5) is 10.3 Å². The summed E-state index contributed by atoms with van der Waals surface area (Å²) in [5.41, 5.74) is 3.32. The largest absolute Gasteiger partial charge is 0.489 e. The predicted molar refractivity (Wildman–Crippen MR) is 154 cm³/mol. The average Bonchev–Trinajstić information content (AvgIpc) is 3.34. The molecule has 1 atom stereocenters. The van der Waals surface area contributed by atoms with Crippen molar-refractivity contribution in [1.29, 1.82) is 0 Å². The van der Waals surface area contributed by atoms with Crippen molar-refractivity contribution < 1.29 is 18.7 Å². The molecule has 4 aromatic rings. The van der Waals surface area contributed by atoms with Crippen LogP contribution in [0.15, 0.2) is 89.2 Å². The van der Waals surface area contributed by atoms with Crippen molar-refractivity contribution in [3.05, 3.63) is 112 Å². The predicted octanol–water partition coefficient (Wildman–Crippen LogP) is 7.18. The van der Waals surface area contributed by atoms with Crippen LogP contribution >= 0.6 is 23.4 Å². The quantitative estimate of drug-likeness (QED) is 0.166. The molecule has 0 spiro atoms. The fraction of sp³-hybridized carbons (Fsp3) is 0.233. The maximum absolute atomic E-state index is 14.2. The Hall–Kier alpha value is -3.82. The molecule has 2 heterocycles. The molecule has 0 fully saturated rings. The SMILES string of the molecule is CC1=C(C(=O)OC(C)C)C(c2ccc(OCc3c(F)cccc3Cl)cc2)n2nc(SCc3ccccc3)nc2N1. The Morgan fingerprint density at radius 1 is 1.10 bits per heavy atom. The number of esters is 1. The van der Waals surface area contributed by atoms with Gasteiger partial charge in [0.05, 0.1) is 16.7 Å². The number of anilines is 1. The number of nitrogens with one attached hydrogen (secondary N) is 1. The van der Waals surface area contributed by atoms with Crippen molar-refractivity contribution in [2.45, 2.75) is 50.4 Å². The molecule has 0 saturated carbocycles. The summed E-state index contributed by atoms with van der Waals surface area (Å²) in [6.45, 7) is 5.44. The Kier molecular flexibility index (Phi) is 8.42. The summed E-state index contributed by atoms with van der Waals surface area (Å²) in [6.07, 6.45) is -0.288. The first kappa shape index (κ1) is 27.7. The second-order valence-electron chi connectivity index (χ2n) is 9.52. The molecular weight excluding hydrogens is 551 g/mol. The van der Waals surface area contributed by atoms with Crippen LogP contribution in [0.2, 0.25) is 5.02 Å². The van der Waals surface area contributed by atoms with Gasteiger partial charge in [-0.3, -0.25) is 0 Å². The minimum atomic E-state index is -0.573. The van der Waals surface area contributed by atoms with Crippen LogP contribution in [0, 0.1) is 5.82 Å². The molecule has 1 aliphatic rings. The zero-order valence-corrected chi connectivity index (χ0v) is 23.8. The van der Waals surface area contributed by atoms with Gasteiger partial charge in [-0.2, -0.15) is 4.98 Å². The number of allylic oxidation sites excluding steroid dienone is 1. The molecule has 1 aliphatic heterocycles. The summed E-state index contributed by atoms with van der Waals surface area (Å²) in [5, 5.41) is 8.88. The van der Waals surface area contributed by atoms with Crippen molar-refractivity contribution in [1.82, 2.24) is 14.8 Å². The van der Waals surface area contributed by atoms with E-state index >= 15 is 0 Å². The van der Waals surface area contributed by atoms with Crippen LogP contribution in [0.3, 0.4) is 0 Å². The minimum absolute atomic E-state index is 0.0155. The highest BCUT2D eigenvalue weighted by atomic mass is 35.5. The number of fused-ring (bicyclic) bond motifs is 1. The number of ether oxygens (including phenoxy) is 2. The molecule has 3 aromatic carbocycles. The normalized spacial score (nSPS) is 14.6. The molecule has 5 rings (SSSR count). The number of carbonyl (C=O) groups excluding carboxylic acids is 1. The van der Waals surface area contributed by atoms with E-state index in [2.05, 4.69) is 22.4 Å². The van der Waals surface area contributed by atoms with Gasteiger partial charge in [-0.05, 0) is 56.2 Å². The number of aromatic nitrogens is 3. The van der Waals surface area contributed by atoms with E-state index in [0.29, 0.717) is 38.9 Å². The van der Waals surface area contributed by atoms with E-state index in [-0.39, 0.29) is 18.3 Å². The van der Waals surface area contributed by atoms with Crippen LogP contribution < -0.4 is 10.1 Å². The van der Waals surface area contributed by atoms with Crippen molar-refractivity contribution in [3.8, 4) is 5.75 Å². The number of benzene rings is 3. The zero-order chi connectivity index (χ0) is 28.2. The topological polar surface area (TPSA) is 78.3 Å². The van der Waals surface area contributed by atoms with Gasteiger partial charge in [0.1, 0.15) is 24.2 Å². The minimum Gasteiger partial charge on any atom is -0.489 e. The molecule has 10 heteroatoms. The number of rotatable bonds is 9. The van der Waals surface area contributed by atoms with Gasteiger partial charge in [-0.1, -0.05) is 71.9 Å². The number of hydrogen-bond acceptors (Lipinski definition) is 7. The fourth-order valence-corrected chi connectivity index (χ4v) is 5.34. The molecule has 0 saturated heterocycles. The molecule has 40 heavy (non-hydrogen) atoms. The summed E-state index contributed by atoms with van der Waals surface area (Å²) in [4.78, 5) is 17.9. The third kappa shape index (κ3) is 6.16. The lowest BCUT2D eigenvalue weighted by molar-refractivity contribution is -0.143. The number of carbonyl (C=O) groups is 1. The highest BCUT2D eigenvalue weighted by molar-refractivity contribution is 7.98. The summed E-state index contributed by atoms with van der Waals surface area (Å²) in [7, 11) is 0. The molecule has 0 bridgehead atoms. The third-order valence-electron chi connectivity index (χ3n) is 6.25. The Bertz CT molecular complexity index is 1520. The van der Waals surface area contributed by atoms with Gasteiger partial charge in [-0.15, -0.1) is 5.10 Å². The van der Waals surface area contributed by atoms with Crippen molar-refractivity contribution in [2.24, 2.45) is 0 Å². The smallest absolute Gasteiger partial charge is 0.338 e. The average molecular weight is 579 g/mol.